The molecule has 0 radical (unpaired) electrons. The Kier molecular flexibility index (Phi) is 4.83. The van der Waals surface area contributed by atoms with Gasteiger partial charge in [0.2, 0.25) is 0 Å². The molecule has 1 saturated carbocycles. The van der Waals surface area contributed by atoms with Crippen LogP contribution in [0.5, 0.6) is 5.75 Å². The smallest absolute Gasteiger partial charge is 0.122 e. The molecule has 0 amide bonds. The quantitative estimate of drug-likeness (QED) is 0.829. The summed E-state index contributed by atoms with van der Waals surface area (Å²) < 4.78 is 5.88. The van der Waals surface area contributed by atoms with Crippen molar-refractivity contribution >= 4 is 0 Å². The first kappa shape index (κ1) is 14.4. The minimum absolute atomic E-state index is 0.284. The van der Waals surface area contributed by atoms with E-state index in [1.807, 2.05) is 18.2 Å². The number of para-hydroxylation sites is 1. The van der Waals surface area contributed by atoms with Crippen molar-refractivity contribution in [3.8, 4) is 5.75 Å². The fourth-order valence-electron chi connectivity index (χ4n) is 3.06. The molecule has 0 aliphatic heterocycles. The summed E-state index contributed by atoms with van der Waals surface area (Å²) in [7, 11) is 0. The van der Waals surface area contributed by atoms with Crippen LogP contribution < -0.4 is 10.5 Å². The minimum Gasteiger partial charge on any atom is -0.493 e. The van der Waals surface area contributed by atoms with Gasteiger partial charge in [-0.05, 0) is 43.2 Å². The average Bonchev–Trinajstić information content (AvgIpc) is 2.81. The summed E-state index contributed by atoms with van der Waals surface area (Å²) >= 11 is 0. The van der Waals surface area contributed by atoms with Gasteiger partial charge >= 0.3 is 0 Å². The van der Waals surface area contributed by atoms with Crippen LogP contribution in [0.4, 0.5) is 0 Å². The molecule has 2 unspecified atom stereocenters. The number of benzene rings is 1. The van der Waals surface area contributed by atoms with Crippen molar-refractivity contribution in [2.24, 2.45) is 11.7 Å². The second kappa shape index (κ2) is 6.40. The molecule has 106 valence electrons. The molecule has 0 heterocycles. The number of rotatable bonds is 6. The SMILES string of the molecule is CCc1ccccc1OCCC1CCCC1(O)CN. The van der Waals surface area contributed by atoms with Crippen molar-refractivity contribution in [3.63, 3.8) is 0 Å². The van der Waals surface area contributed by atoms with Crippen LogP contribution in [0, 0.1) is 5.92 Å². The lowest BCUT2D eigenvalue weighted by molar-refractivity contribution is 0.00352. The fourth-order valence-corrected chi connectivity index (χ4v) is 3.06. The van der Waals surface area contributed by atoms with Crippen LogP contribution >= 0.6 is 0 Å². The molecule has 0 bridgehead atoms. The zero-order chi connectivity index (χ0) is 13.7. The molecule has 1 aliphatic carbocycles. The summed E-state index contributed by atoms with van der Waals surface area (Å²) in [5.41, 5.74) is 6.28. The van der Waals surface area contributed by atoms with Crippen molar-refractivity contribution in [2.45, 2.75) is 44.6 Å². The van der Waals surface area contributed by atoms with Crippen molar-refractivity contribution in [1.29, 1.82) is 0 Å². The van der Waals surface area contributed by atoms with Gasteiger partial charge in [-0.1, -0.05) is 31.5 Å². The highest BCUT2D eigenvalue weighted by atomic mass is 16.5. The second-order valence-electron chi connectivity index (χ2n) is 5.50. The Bertz CT molecular complexity index is 407. The monoisotopic (exact) mass is 263 g/mol. The van der Waals surface area contributed by atoms with E-state index in [2.05, 4.69) is 13.0 Å². The zero-order valence-electron chi connectivity index (χ0n) is 11.8. The first-order chi connectivity index (χ1) is 9.19. The van der Waals surface area contributed by atoms with Crippen LogP contribution in [0.2, 0.25) is 0 Å². The summed E-state index contributed by atoms with van der Waals surface area (Å²) in [6.45, 7) is 3.15. The van der Waals surface area contributed by atoms with Gasteiger partial charge < -0.3 is 15.6 Å². The van der Waals surface area contributed by atoms with Gasteiger partial charge in [0.15, 0.2) is 0 Å². The van der Waals surface area contributed by atoms with Gasteiger partial charge in [0.1, 0.15) is 5.75 Å². The molecule has 19 heavy (non-hydrogen) atoms. The molecule has 1 aromatic rings. The van der Waals surface area contributed by atoms with Crippen LogP contribution in [-0.2, 0) is 6.42 Å². The number of hydrogen-bond donors (Lipinski definition) is 2. The normalized spacial score (nSPS) is 26.6. The molecular formula is C16H25NO2. The van der Waals surface area contributed by atoms with E-state index in [4.69, 9.17) is 10.5 Å². The third-order valence-corrected chi connectivity index (χ3v) is 4.35. The molecule has 0 aromatic heterocycles. The Hall–Kier alpha value is -1.06. The maximum Gasteiger partial charge on any atom is 0.122 e. The minimum atomic E-state index is -0.659. The topological polar surface area (TPSA) is 55.5 Å². The van der Waals surface area contributed by atoms with E-state index in [0.29, 0.717) is 13.2 Å². The van der Waals surface area contributed by atoms with Gasteiger partial charge in [-0.25, -0.2) is 0 Å². The lowest BCUT2D eigenvalue weighted by Crippen LogP contribution is -2.41. The highest BCUT2D eigenvalue weighted by Crippen LogP contribution is 2.37. The molecule has 2 atom stereocenters. The van der Waals surface area contributed by atoms with Gasteiger partial charge in [-0.2, -0.15) is 0 Å². The lowest BCUT2D eigenvalue weighted by Gasteiger charge is -2.28. The number of nitrogens with two attached hydrogens (primary N) is 1. The maximum absolute atomic E-state index is 10.4. The van der Waals surface area contributed by atoms with Crippen molar-refractivity contribution in [2.75, 3.05) is 13.2 Å². The zero-order valence-corrected chi connectivity index (χ0v) is 11.8. The Morgan fingerprint density at radius 3 is 2.95 bits per heavy atom. The number of ether oxygens (including phenoxy) is 1. The molecule has 1 fully saturated rings. The van der Waals surface area contributed by atoms with E-state index in [0.717, 1.165) is 37.9 Å². The summed E-state index contributed by atoms with van der Waals surface area (Å²) in [5, 5.41) is 10.4. The predicted octanol–water partition coefficient (Wildman–Crippen LogP) is 2.51. The fraction of sp³-hybridized carbons (Fsp3) is 0.625. The van der Waals surface area contributed by atoms with E-state index < -0.39 is 5.60 Å². The highest BCUT2D eigenvalue weighted by molar-refractivity contribution is 5.33. The molecule has 2 rings (SSSR count). The highest BCUT2D eigenvalue weighted by Gasteiger charge is 2.39. The molecule has 1 aromatic carbocycles. The molecular weight excluding hydrogens is 238 g/mol. The van der Waals surface area contributed by atoms with Crippen molar-refractivity contribution < 1.29 is 9.84 Å². The summed E-state index contributed by atoms with van der Waals surface area (Å²) in [6, 6.07) is 8.15. The van der Waals surface area contributed by atoms with Crippen molar-refractivity contribution in [3.05, 3.63) is 29.8 Å². The van der Waals surface area contributed by atoms with E-state index >= 15 is 0 Å². The van der Waals surface area contributed by atoms with E-state index in [1.54, 1.807) is 0 Å². The largest absolute Gasteiger partial charge is 0.493 e. The number of hydrogen-bond acceptors (Lipinski definition) is 3. The van der Waals surface area contributed by atoms with Crippen molar-refractivity contribution in [1.82, 2.24) is 0 Å². The molecule has 3 heteroatoms. The van der Waals surface area contributed by atoms with Crippen LogP contribution in [0.15, 0.2) is 24.3 Å². The predicted molar refractivity (Wildman–Crippen MR) is 77.3 cm³/mol. The molecule has 0 saturated heterocycles. The van der Waals surface area contributed by atoms with Gasteiger partial charge in [-0.15, -0.1) is 0 Å². The Balaban J connectivity index is 1.86. The van der Waals surface area contributed by atoms with E-state index in [-0.39, 0.29) is 5.92 Å². The molecule has 0 spiro atoms. The summed E-state index contributed by atoms with van der Waals surface area (Å²) in [6.07, 6.45) is 4.83. The van der Waals surface area contributed by atoms with Crippen LogP contribution in [0.1, 0.15) is 38.2 Å². The van der Waals surface area contributed by atoms with E-state index in [9.17, 15) is 5.11 Å². The Labute approximate surface area is 115 Å². The standard InChI is InChI=1S/C16H25NO2/c1-2-13-6-3-4-8-15(13)19-11-9-14-7-5-10-16(14,18)12-17/h3-4,6,8,14,18H,2,5,7,9-12,17H2,1H3. The first-order valence-electron chi connectivity index (χ1n) is 7.32. The number of aryl methyl sites for hydroxylation is 1. The molecule has 1 aliphatic rings. The van der Waals surface area contributed by atoms with Gasteiger partial charge in [0.05, 0.1) is 12.2 Å². The number of aliphatic hydroxyl groups is 1. The molecule has 3 nitrogen and oxygen atoms in total. The van der Waals surface area contributed by atoms with E-state index in [1.165, 1.54) is 5.56 Å². The maximum atomic E-state index is 10.4. The third-order valence-electron chi connectivity index (χ3n) is 4.35. The Morgan fingerprint density at radius 2 is 2.21 bits per heavy atom. The second-order valence-corrected chi connectivity index (χ2v) is 5.50. The van der Waals surface area contributed by atoms with Gasteiger partial charge in [0.25, 0.3) is 0 Å². The third kappa shape index (κ3) is 3.28. The molecule has 3 N–H and O–H groups in total. The summed E-state index contributed by atoms with van der Waals surface area (Å²) in [4.78, 5) is 0. The first-order valence-corrected chi connectivity index (χ1v) is 7.32. The summed E-state index contributed by atoms with van der Waals surface area (Å²) in [5.74, 6) is 1.26. The average molecular weight is 263 g/mol. The van der Waals surface area contributed by atoms with Crippen LogP contribution in [-0.4, -0.2) is 23.9 Å². The lowest BCUT2D eigenvalue weighted by atomic mass is 9.88. The van der Waals surface area contributed by atoms with Gasteiger partial charge in [0, 0.05) is 6.54 Å². The van der Waals surface area contributed by atoms with Crippen LogP contribution in [0.25, 0.3) is 0 Å². The van der Waals surface area contributed by atoms with Gasteiger partial charge in [-0.3, -0.25) is 0 Å². The van der Waals surface area contributed by atoms with Crippen LogP contribution in [0.3, 0.4) is 0 Å². The Morgan fingerprint density at radius 1 is 1.42 bits per heavy atom.